The highest BCUT2D eigenvalue weighted by atomic mass is 16.2. The SMILES string of the molecule is CCCCC(=O)N(CCC(C)C)C(=O)CCCC. The zero-order chi connectivity index (χ0) is 14.0. The number of hydrogen-bond acceptors (Lipinski definition) is 2. The van der Waals surface area contributed by atoms with Crippen molar-refractivity contribution < 1.29 is 9.59 Å². The zero-order valence-electron chi connectivity index (χ0n) is 12.5. The highest BCUT2D eigenvalue weighted by Gasteiger charge is 2.20. The standard InChI is InChI=1S/C15H29NO2/c1-5-7-9-14(17)16(12-11-13(3)4)15(18)10-8-6-2/h13H,5-12H2,1-4H3. The van der Waals surface area contributed by atoms with Crippen molar-refractivity contribution in [3.05, 3.63) is 0 Å². The highest BCUT2D eigenvalue weighted by molar-refractivity contribution is 5.95. The van der Waals surface area contributed by atoms with Crippen LogP contribution in [0.4, 0.5) is 0 Å². The predicted octanol–water partition coefficient (Wildman–Crippen LogP) is 3.77. The summed E-state index contributed by atoms with van der Waals surface area (Å²) in [4.78, 5) is 25.5. The Balaban J connectivity index is 4.39. The molecule has 0 aromatic heterocycles. The fourth-order valence-electron chi connectivity index (χ4n) is 1.70. The lowest BCUT2D eigenvalue weighted by atomic mass is 10.1. The number of nitrogens with zero attached hydrogens (tertiary/aromatic N) is 1. The summed E-state index contributed by atoms with van der Waals surface area (Å²) in [5, 5.41) is 0. The van der Waals surface area contributed by atoms with Gasteiger partial charge in [-0.3, -0.25) is 14.5 Å². The minimum atomic E-state index is 0.0126. The maximum Gasteiger partial charge on any atom is 0.229 e. The van der Waals surface area contributed by atoms with E-state index >= 15 is 0 Å². The second-order valence-electron chi connectivity index (χ2n) is 5.33. The van der Waals surface area contributed by atoms with Crippen LogP contribution in [0.5, 0.6) is 0 Å². The van der Waals surface area contributed by atoms with E-state index in [2.05, 4.69) is 27.7 Å². The molecule has 0 saturated heterocycles. The van der Waals surface area contributed by atoms with E-state index in [4.69, 9.17) is 0 Å². The van der Waals surface area contributed by atoms with Gasteiger partial charge in [-0.25, -0.2) is 0 Å². The van der Waals surface area contributed by atoms with Gasteiger partial charge in [0.2, 0.25) is 11.8 Å². The maximum atomic E-state index is 12.0. The van der Waals surface area contributed by atoms with E-state index in [-0.39, 0.29) is 11.8 Å². The molecule has 2 amide bonds. The second kappa shape index (κ2) is 10.1. The van der Waals surface area contributed by atoms with Crippen LogP contribution in [-0.4, -0.2) is 23.3 Å². The first kappa shape index (κ1) is 17.1. The molecule has 3 nitrogen and oxygen atoms in total. The molecule has 0 unspecified atom stereocenters. The molecule has 0 aliphatic heterocycles. The Morgan fingerprint density at radius 1 is 0.944 bits per heavy atom. The van der Waals surface area contributed by atoms with Crippen LogP contribution in [0.2, 0.25) is 0 Å². The number of amides is 2. The van der Waals surface area contributed by atoms with Gasteiger partial charge in [0, 0.05) is 19.4 Å². The maximum absolute atomic E-state index is 12.0. The fourth-order valence-corrected chi connectivity index (χ4v) is 1.70. The highest BCUT2D eigenvalue weighted by Crippen LogP contribution is 2.09. The molecule has 0 saturated carbocycles. The van der Waals surface area contributed by atoms with Crippen molar-refractivity contribution >= 4 is 11.8 Å². The first-order valence-electron chi connectivity index (χ1n) is 7.36. The van der Waals surface area contributed by atoms with Crippen molar-refractivity contribution in [2.24, 2.45) is 5.92 Å². The van der Waals surface area contributed by atoms with Gasteiger partial charge >= 0.3 is 0 Å². The second-order valence-corrected chi connectivity index (χ2v) is 5.33. The van der Waals surface area contributed by atoms with Crippen LogP contribution in [0.3, 0.4) is 0 Å². The summed E-state index contributed by atoms with van der Waals surface area (Å²) in [6, 6.07) is 0. The van der Waals surface area contributed by atoms with Crippen molar-refractivity contribution in [2.45, 2.75) is 72.6 Å². The Morgan fingerprint density at radius 3 is 1.72 bits per heavy atom. The summed E-state index contributed by atoms with van der Waals surface area (Å²) in [5.74, 6) is 0.544. The molecule has 0 aliphatic carbocycles. The number of rotatable bonds is 9. The molecule has 0 bridgehead atoms. The lowest BCUT2D eigenvalue weighted by Crippen LogP contribution is -2.37. The average Bonchev–Trinajstić information content (AvgIpc) is 2.33. The van der Waals surface area contributed by atoms with Gasteiger partial charge in [0.1, 0.15) is 0 Å². The van der Waals surface area contributed by atoms with Gasteiger partial charge in [0.05, 0.1) is 0 Å². The van der Waals surface area contributed by atoms with E-state index in [1.54, 1.807) is 0 Å². The number of hydrogen-bond donors (Lipinski definition) is 0. The summed E-state index contributed by atoms with van der Waals surface area (Å²) < 4.78 is 0. The fraction of sp³-hybridized carbons (Fsp3) is 0.867. The van der Waals surface area contributed by atoms with Gasteiger partial charge in [0.25, 0.3) is 0 Å². The van der Waals surface area contributed by atoms with Gasteiger partial charge in [0.15, 0.2) is 0 Å². The molecule has 0 N–H and O–H groups in total. The average molecular weight is 255 g/mol. The minimum Gasteiger partial charge on any atom is -0.283 e. The Bertz CT molecular complexity index is 229. The molecule has 0 aromatic rings. The normalized spacial score (nSPS) is 10.7. The van der Waals surface area contributed by atoms with Gasteiger partial charge in [-0.05, 0) is 25.2 Å². The summed E-state index contributed by atoms with van der Waals surface area (Å²) in [7, 11) is 0. The molecule has 0 atom stereocenters. The predicted molar refractivity (Wildman–Crippen MR) is 75.2 cm³/mol. The molecule has 3 heteroatoms. The van der Waals surface area contributed by atoms with Crippen molar-refractivity contribution in [3.63, 3.8) is 0 Å². The molecule has 0 rings (SSSR count). The van der Waals surface area contributed by atoms with Crippen LogP contribution in [0.1, 0.15) is 72.6 Å². The number of carbonyl (C=O) groups excluding carboxylic acids is 2. The molecule has 0 spiro atoms. The van der Waals surface area contributed by atoms with E-state index in [0.29, 0.717) is 25.3 Å². The monoisotopic (exact) mass is 255 g/mol. The van der Waals surface area contributed by atoms with Gasteiger partial charge in [-0.15, -0.1) is 0 Å². The number of carbonyl (C=O) groups is 2. The van der Waals surface area contributed by atoms with E-state index in [9.17, 15) is 9.59 Å². The van der Waals surface area contributed by atoms with Gasteiger partial charge < -0.3 is 0 Å². The third-order valence-corrected chi connectivity index (χ3v) is 3.02. The number of unbranched alkanes of at least 4 members (excludes halogenated alkanes) is 2. The first-order valence-corrected chi connectivity index (χ1v) is 7.36. The van der Waals surface area contributed by atoms with E-state index in [1.807, 2.05) is 0 Å². The lowest BCUT2D eigenvalue weighted by Gasteiger charge is -2.22. The Kier molecular flexibility index (Phi) is 9.62. The molecular weight excluding hydrogens is 226 g/mol. The molecule has 0 aromatic carbocycles. The van der Waals surface area contributed by atoms with Crippen molar-refractivity contribution in [2.75, 3.05) is 6.54 Å². The van der Waals surface area contributed by atoms with Crippen LogP contribution < -0.4 is 0 Å². The largest absolute Gasteiger partial charge is 0.283 e. The molecule has 0 heterocycles. The van der Waals surface area contributed by atoms with Crippen LogP contribution in [-0.2, 0) is 9.59 Å². The molecule has 106 valence electrons. The van der Waals surface area contributed by atoms with E-state index in [0.717, 1.165) is 32.1 Å². The van der Waals surface area contributed by atoms with E-state index < -0.39 is 0 Å². The smallest absolute Gasteiger partial charge is 0.229 e. The van der Waals surface area contributed by atoms with Gasteiger partial charge in [-0.1, -0.05) is 40.5 Å². The Morgan fingerprint density at radius 2 is 1.39 bits per heavy atom. The third kappa shape index (κ3) is 7.46. The molecule has 0 fully saturated rings. The quantitative estimate of drug-likeness (QED) is 0.629. The van der Waals surface area contributed by atoms with Crippen molar-refractivity contribution in [3.8, 4) is 0 Å². The van der Waals surface area contributed by atoms with Crippen LogP contribution in [0, 0.1) is 5.92 Å². The van der Waals surface area contributed by atoms with E-state index in [1.165, 1.54) is 4.90 Å². The Labute approximate surface area is 112 Å². The third-order valence-electron chi connectivity index (χ3n) is 3.02. The van der Waals surface area contributed by atoms with Crippen LogP contribution in [0.25, 0.3) is 0 Å². The van der Waals surface area contributed by atoms with Crippen molar-refractivity contribution in [1.82, 2.24) is 4.90 Å². The van der Waals surface area contributed by atoms with Gasteiger partial charge in [-0.2, -0.15) is 0 Å². The van der Waals surface area contributed by atoms with Crippen molar-refractivity contribution in [1.29, 1.82) is 0 Å². The molecule has 0 radical (unpaired) electrons. The first-order chi connectivity index (χ1) is 8.52. The summed E-state index contributed by atoms with van der Waals surface area (Å²) in [5.41, 5.74) is 0. The van der Waals surface area contributed by atoms with Crippen LogP contribution in [0.15, 0.2) is 0 Å². The summed E-state index contributed by atoms with van der Waals surface area (Å²) >= 11 is 0. The van der Waals surface area contributed by atoms with Crippen LogP contribution >= 0.6 is 0 Å². The summed E-state index contributed by atoms with van der Waals surface area (Å²) in [6.07, 6.45) is 5.64. The molecule has 18 heavy (non-hydrogen) atoms. The Hall–Kier alpha value is -0.860. The summed E-state index contributed by atoms with van der Waals surface area (Å²) in [6.45, 7) is 8.94. The minimum absolute atomic E-state index is 0.0126. The lowest BCUT2D eigenvalue weighted by molar-refractivity contribution is -0.145. The number of imide groups is 1. The topological polar surface area (TPSA) is 37.4 Å². The molecule has 0 aliphatic rings. The molecular formula is C15H29NO2. The zero-order valence-corrected chi connectivity index (χ0v) is 12.5.